The Balaban J connectivity index is 1.42. The monoisotopic (exact) mass is 620 g/mol. The van der Waals surface area contributed by atoms with Gasteiger partial charge in [0.05, 0.1) is 12.1 Å². The van der Waals surface area contributed by atoms with Gasteiger partial charge in [-0.15, -0.1) is 45.3 Å². The molecule has 6 aromatic rings. The summed E-state index contributed by atoms with van der Waals surface area (Å²) in [5.41, 5.74) is 4.19. The van der Waals surface area contributed by atoms with E-state index in [0.717, 1.165) is 22.5 Å². The van der Waals surface area contributed by atoms with Crippen molar-refractivity contribution in [3.8, 4) is 0 Å². The molecule has 1 aliphatic heterocycles. The first-order valence-corrected chi connectivity index (χ1v) is 17.3. The molecule has 0 saturated heterocycles. The Morgan fingerprint density at radius 3 is 1.19 bits per heavy atom. The second-order valence-corrected chi connectivity index (χ2v) is 13.8. The van der Waals surface area contributed by atoms with E-state index in [1.165, 1.54) is 19.5 Å². The van der Waals surface area contributed by atoms with E-state index in [0.29, 0.717) is 0 Å². The summed E-state index contributed by atoms with van der Waals surface area (Å²) >= 11 is 7.01. The summed E-state index contributed by atoms with van der Waals surface area (Å²) in [5.74, 6) is 0. The van der Waals surface area contributed by atoms with Gasteiger partial charge in [-0.25, -0.2) is 0 Å². The molecule has 8 heteroatoms. The number of aliphatic imine (C=N–C) groups is 2. The van der Waals surface area contributed by atoms with Gasteiger partial charge in [0.2, 0.25) is 0 Å². The van der Waals surface area contributed by atoms with Crippen molar-refractivity contribution in [1.82, 2.24) is 0 Å². The number of nitrogens with zero attached hydrogens (tertiary/aromatic N) is 2. The fourth-order valence-corrected chi connectivity index (χ4v) is 8.48. The lowest BCUT2D eigenvalue weighted by atomic mass is 10.0. The minimum Gasteiger partial charge on any atom is -0.374 e. The molecule has 0 unspecified atom stereocenters. The van der Waals surface area contributed by atoms with Crippen LogP contribution in [0.25, 0.3) is 0 Å². The van der Waals surface area contributed by atoms with Crippen molar-refractivity contribution in [2.75, 3.05) is 10.6 Å². The summed E-state index contributed by atoms with van der Waals surface area (Å²) in [4.78, 5) is 15.6. The van der Waals surface area contributed by atoms with E-state index in [4.69, 9.17) is 9.98 Å². The highest BCUT2D eigenvalue weighted by Crippen LogP contribution is 2.42. The number of rotatable bonds is 4. The molecule has 4 nitrogen and oxygen atoms in total. The van der Waals surface area contributed by atoms with E-state index in [2.05, 4.69) is 129 Å². The first kappa shape index (κ1) is 27.0. The van der Waals surface area contributed by atoms with Crippen LogP contribution in [0.15, 0.2) is 129 Å². The second kappa shape index (κ2) is 12.6. The Morgan fingerprint density at radius 2 is 0.810 bits per heavy atom. The molecule has 7 rings (SSSR count). The minimum atomic E-state index is -0.114. The lowest BCUT2D eigenvalue weighted by Gasteiger charge is -2.28. The maximum Gasteiger partial charge on any atom is 0.109 e. The molecule has 0 radical (unpaired) electrons. The molecule has 1 aliphatic rings. The predicted molar refractivity (Wildman–Crippen MR) is 184 cm³/mol. The van der Waals surface area contributed by atoms with Gasteiger partial charge in [-0.1, -0.05) is 60.7 Å². The van der Waals surface area contributed by atoms with Crippen molar-refractivity contribution >= 4 is 69.2 Å². The molecule has 0 amide bonds. The quantitative estimate of drug-likeness (QED) is 0.206. The van der Waals surface area contributed by atoms with Gasteiger partial charge in [-0.05, 0) is 57.9 Å². The molecule has 208 valence electrons. The van der Waals surface area contributed by atoms with Crippen LogP contribution in [-0.4, -0.2) is 12.4 Å². The van der Waals surface area contributed by atoms with Gasteiger partial charge in [0, 0.05) is 54.4 Å². The van der Waals surface area contributed by atoms with Crippen LogP contribution in [0.2, 0.25) is 0 Å². The Bertz CT molecular complexity index is 1620. The fourth-order valence-electron chi connectivity index (χ4n) is 5.25. The zero-order valence-corrected chi connectivity index (χ0v) is 25.8. The summed E-state index contributed by atoms with van der Waals surface area (Å²) in [6.45, 7) is 0. The van der Waals surface area contributed by atoms with E-state index >= 15 is 0 Å². The Labute approximate surface area is 261 Å². The third-order valence-corrected chi connectivity index (χ3v) is 11.1. The van der Waals surface area contributed by atoms with Crippen LogP contribution in [0, 0.1) is 0 Å². The van der Waals surface area contributed by atoms with Crippen LogP contribution in [0.1, 0.15) is 54.8 Å². The average molecular weight is 621 g/mol. The molecule has 0 bridgehead atoms. The number of anilines is 2. The summed E-state index contributed by atoms with van der Waals surface area (Å²) in [5, 5.41) is 16.4. The Hall–Kier alpha value is -3.82. The molecule has 5 heterocycles. The molecular weight excluding hydrogens is 593 g/mol. The van der Waals surface area contributed by atoms with E-state index < -0.39 is 0 Å². The van der Waals surface area contributed by atoms with Crippen LogP contribution in [0.4, 0.5) is 11.4 Å². The van der Waals surface area contributed by atoms with Crippen LogP contribution in [-0.2, 0) is 0 Å². The highest BCUT2D eigenvalue weighted by Gasteiger charge is 2.29. The molecule has 42 heavy (non-hydrogen) atoms. The first-order chi connectivity index (χ1) is 20.8. The van der Waals surface area contributed by atoms with Crippen molar-refractivity contribution in [3.63, 3.8) is 0 Å². The van der Waals surface area contributed by atoms with Gasteiger partial charge in [-0.3, -0.25) is 9.98 Å². The minimum absolute atomic E-state index is 0.0514. The molecule has 0 aliphatic carbocycles. The largest absolute Gasteiger partial charge is 0.374 e. The Kier molecular flexibility index (Phi) is 8.10. The summed E-state index contributed by atoms with van der Waals surface area (Å²) < 4.78 is 0. The van der Waals surface area contributed by atoms with Crippen LogP contribution in [0.5, 0.6) is 0 Å². The van der Waals surface area contributed by atoms with Crippen LogP contribution in [0.3, 0.4) is 0 Å². The summed E-state index contributed by atoms with van der Waals surface area (Å²) in [6.07, 6.45) is 4.09. The zero-order valence-electron chi connectivity index (χ0n) is 22.5. The average Bonchev–Trinajstić information content (AvgIpc) is 3.85. The van der Waals surface area contributed by atoms with Gasteiger partial charge >= 0.3 is 0 Å². The molecular formula is C34H28N4S4. The third-order valence-electron chi connectivity index (χ3n) is 7.29. The summed E-state index contributed by atoms with van der Waals surface area (Å²) in [7, 11) is 0. The van der Waals surface area contributed by atoms with Crippen molar-refractivity contribution in [2.45, 2.75) is 24.2 Å². The normalized spacial score (nSPS) is 20.6. The van der Waals surface area contributed by atoms with Crippen LogP contribution < -0.4 is 10.6 Å². The van der Waals surface area contributed by atoms with Gasteiger partial charge < -0.3 is 10.6 Å². The standard InChI is InChI=1S/C34H28N4S4/c1-3-11-25-23(9-1)21-35-31(27-13-5-17-39-27)34(30-16-8-20-42-30)38-26-12-4-2-10-24(26)22-36-32(28-14-6-18-40-28)33(37-25)29-15-7-19-41-29/h1-22,31-34,37-38H/t31-,32-,33-,34-/m0/s1. The highest BCUT2D eigenvalue weighted by atomic mass is 32.1. The molecule has 2 N–H and O–H groups in total. The maximum atomic E-state index is 5.32. The van der Waals surface area contributed by atoms with E-state index in [9.17, 15) is 0 Å². The molecule has 0 saturated carbocycles. The van der Waals surface area contributed by atoms with E-state index in [1.54, 1.807) is 45.3 Å². The lowest BCUT2D eigenvalue weighted by molar-refractivity contribution is 0.630. The smallest absolute Gasteiger partial charge is 0.109 e. The van der Waals surface area contributed by atoms with Crippen molar-refractivity contribution in [1.29, 1.82) is 0 Å². The molecule has 0 fully saturated rings. The van der Waals surface area contributed by atoms with Crippen LogP contribution >= 0.6 is 45.3 Å². The number of nitrogens with one attached hydrogen (secondary N) is 2. The Morgan fingerprint density at radius 1 is 0.429 bits per heavy atom. The number of benzene rings is 2. The number of fused-ring (bicyclic) bond motifs is 2. The fraction of sp³-hybridized carbons (Fsp3) is 0.118. The van der Waals surface area contributed by atoms with Crippen molar-refractivity contribution in [3.05, 3.63) is 149 Å². The number of para-hydroxylation sites is 2. The van der Waals surface area contributed by atoms with E-state index in [-0.39, 0.29) is 24.2 Å². The highest BCUT2D eigenvalue weighted by molar-refractivity contribution is 7.11. The van der Waals surface area contributed by atoms with Gasteiger partial charge in [-0.2, -0.15) is 0 Å². The molecule has 0 spiro atoms. The SMILES string of the molecule is C1=N[C@@H](c2cccs2)[C@H](c2cccs2)Nc2ccccc2C=N[C@@H](c2cccs2)[C@H](c2cccs2)Nc2ccccc21. The third kappa shape index (κ3) is 5.76. The van der Waals surface area contributed by atoms with Gasteiger partial charge in [0.1, 0.15) is 12.1 Å². The van der Waals surface area contributed by atoms with E-state index in [1.807, 2.05) is 12.4 Å². The number of hydrogen-bond acceptors (Lipinski definition) is 8. The maximum absolute atomic E-state index is 5.32. The topological polar surface area (TPSA) is 48.8 Å². The van der Waals surface area contributed by atoms with Crippen molar-refractivity contribution < 1.29 is 0 Å². The number of thiophene rings is 4. The first-order valence-electron chi connectivity index (χ1n) is 13.7. The summed E-state index contributed by atoms with van der Waals surface area (Å²) in [6, 6.07) is 33.8. The van der Waals surface area contributed by atoms with Gasteiger partial charge in [0.15, 0.2) is 0 Å². The van der Waals surface area contributed by atoms with Gasteiger partial charge in [0.25, 0.3) is 0 Å². The number of hydrogen-bond donors (Lipinski definition) is 2. The molecule has 4 atom stereocenters. The predicted octanol–water partition coefficient (Wildman–Crippen LogP) is 10.3. The van der Waals surface area contributed by atoms with Crippen molar-refractivity contribution in [2.24, 2.45) is 9.98 Å². The molecule has 4 aromatic heterocycles. The second-order valence-electron chi connectivity index (χ2n) is 9.93. The lowest BCUT2D eigenvalue weighted by Crippen LogP contribution is -2.20. The zero-order chi connectivity index (χ0) is 28.1. The molecule has 2 aromatic carbocycles.